The number of esters is 3. The highest BCUT2D eigenvalue weighted by atomic mass is 16.6. The van der Waals surface area contributed by atoms with Crippen molar-refractivity contribution in [2.24, 2.45) is 0 Å². The summed E-state index contributed by atoms with van der Waals surface area (Å²) in [4.78, 5) is 36.1. The zero-order valence-electron chi connectivity index (χ0n) is 18.2. The first-order chi connectivity index (χ1) is 15.0. The Kier molecular flexibility index (Phi) is 5.98. The molecule has 1 aliphatic carbocycles. The highest BCUT2D eigenvalue weighted by Crippen LogP contribution is 2.49. The largest absolute Gasteiger partial charge is 0.423 e. The Morgan fingerprint density at radius 2 is 1.06 bits per heavy atom. The van der Waals surface area contributed by atoms with Gasteiger partial charge in [0.1, 0.15) is 5.75 Å². The Hall–Kier alpha value is -4.19. The third-order valence-electron chi connectivity index (χ3n) is 4.68. The van der Waals surface area contributed by atoms with Crippen molar-refractivity contribution in [2.75, 3.05) is 0 Å². The van der Waals surface area contributed by atoms with E-state index >= 15 is 0 Å². The first kappa shape index (κ1) is 22.5. The zero-order valence-corrected chi connectivity index (χ0v) is 18.2. The van der Waals surface area contributed by atoms with E-state index in [0.717, 1.165) is 16.7 Å². The molecule has 1 aliphatic rings. The Bertz CT molecular complexity index is 1250. The summed E-state index contributed by atoms with van der Waals surface area (Å²) in [6.07, 6.45) is 0. The third-order valence-corrected chi connectivity index (χ3v) is 4.68. The maximum Gasteiger partial charge on any atom is 0.338 e. The van der Waals surface area contributed by atoms with E-state index in [0.29, 0.717) is 16.9 Å². The van der Waals surface area contributed by atoms with Crippen LogP contribution in [0.5, 0.6) is 17.2 Å². The van der Waals surface area contributed by atoms with Gasteiger partial charge in [0.2, 0.25) is 0 Å². The van der Waals surface area contributed by atoms with Crippen LogP contribution in [0.4, 0.5) is 0 Å². The van der Waals surface area contributed by atoms with Gasteiger partial charge in [-0.3, -0.25) is 0 Å². The summed E-state index contributed by atoms with van der Waals surface area (Å²) in [6.45, 7) is 19.4. The molecule has 0 radical (unpaired) electrons. The molecular formula is C26H22O6. The first-order valence-corrected chi connectivity index (χ1v) is 9.64. The highest BCUT2D eigenvalue weighted by molar-refractivity contribution is 6.03. The lowest BCUT2D eigenvalue weighted by Crippen LogP contribution is -2.13. The van der Waals surface area contributed by atoms with Crippen molar-refractivity contribution < 1.29 is 28.6 Å². The summed E-state index contributed by atoms with van der Waals surface area (Å²) >= 11 is 0. The summed E-state index contributed by atoms with van der Waals surface area (Å²) in [5.74, 6) is -1.40. The molecule has 0 N–H and O–H groups in total. The van der Waals surface area contributed by atoms with Crippen LogP contribution in [0.15, 0.2) is 73.4 Å². The standard InChI is InChI=1S/C26H22O6/c1-13(2)24(27)30-17-8-9-18-19(10-17)16(7)20-11-22(31-25(28)14(3)4)23(12-21(18)20)32-26(29)15(5)6/h8-12H,1,3,5,7H2,2,4,6H3. The highest BCUT2D eigenvalue weighted by Gasteiger charge is 2.27. The van der Waals surface area contributed by atoms with Crippen LogP contribution >= 0.6 is 0 Å². The van der Waals surface area contributed by atoms with Crippen LogP contribution in [-0.4, -0.2) is 17.9 Å². The Balaban J connectivity index is 2.08. The molecule has 6 nitrogen and oxygen atoms in total. The first-order valence-electron chi connectivity index (χ1n) is 9.64. The van der Waals surface area contributed by atoms with Crippen LogP contribution in [0.1, 0.15) is 31.9 Å². The van der Waals surface area contributed by atoms with Crippen molar-refractivity contribution in [3.63, 3.8) is 0 Å². The van der Waals surface area contributed by atoms with E-state index in [4.69, 9.17) is 14.2 Å². The predicted molar refractivity (Wildman–Crippen MR) is 121 cm³/mol. The SMILES string of the molecule is C=C(C)C(=O)Oc1ccc2c(c1)C(=C)c1cc(OC(=O)C(=C)C)c(OC(=O)C(=C)C)cc1-2. The van der Waals surface area contributed by atoms with E-state index in [9.17, 15) is 14.4 Å². The molecule has 0 saturated heterocycles. The minimum absolute atomic E-state index is 0.0502. The molecule has 0 heterocycles. The van der Waals surface area contributed by atoms with Crippen LogP contribution in [0.2, 0.25) is 0 Å². The number of carbonyl (C=O) groups excluding carboxylic acids is 3. The lowest BCUT2D eigenvalue weighted by molar-refractivity contribution is -0.132. The van der Waals surface area contributed by atoms with Crippen molar-refractivity contribution in [3.05, 3.63) is 84.5 Å². The van der Waals surface area contributed by atoms with Crippen molar-refractivity contribution in [1.29, 1.82) is 0 Å². The molecule has 2 aromatic carbocycles. The summed E-state index contributed by atoms with van der Waals surface area (Å²) in [5, 5.41) is 0. The maximum absolute atomic E-state index is 12.1. The van der Waals surface area contributed by atoms with E-state index in [1.807, 2.05) is 0 Å². The summed E-state index contributed by atoms with van der Waals surface area (Å²) in [7, 11) is 0. The fourth-order valence-electron chi connectivity index (χ4n) is 2.98. The van der Waals surface area contributed by atoms with Crippen LogP contribution in [0.3, 0.4) is 0 Å². The van der Waals surface area contributed by atoms with Gasteiger partial charge in [-0.25, -0.2) is 14.4 Å². The smallest absolute Gasteiger partial charge is 0.338 e. The molecule has 32 heavy (non-hydrogen) atoms. The minimum Gasteiger partial charge on any atom is -0.423 e. The number of hydrogen-bond acceptors (Lipinski definition) is 6. The molecule has 6 heteroatoms. The summed E-state index contributed by atoms with van der Waals surface area (Å²) in [5.41, 5.74) is 4.22. The minimum atomic E-state index is -0.660. The van der Waals surface area contributed by atoms with Crippen molar-refractivity contribution in [3.8, 4) is 28.4 Å². The van der Waals surface area contributed by atoms with Crippen molar-refractivity contribution >= 4 is 23.5 Å². The number of benzene rings is 2. The number of ether oxygens (including phenoxy) is 3. The van der Waals surface area contributed by atoms with Crippen LogP contribution in [0, 0.1) is 0 Å². The molecule has 0 unspecified atom stereocenters. The molecule has 0 aliphatic heterocycles. The number of rotatable bonds is 6. The zero-order chi connectivity index (χ0) is 23.7. The normalized spacial score (nSPS) is 11.2. The Morgan fingerprint density at radius 3 is 1.56 bits per heavy atom. The molecule has 0 amide bonds. The van der Waals surface area contributed by atoms with Gasteiger partial charge in [-0.15, -0.1) is 0 Å². The quantitative estimate of drug-likeness (QED) is 0.305. The van der Waals surface area contributed by atoms with Gasteiger partial charge in [-0.05, 0) is 72.9 Å². The Morgan fingerprint density at radius 1 is 0.625 bits per heavy atom. The molecule has 0 spiro atoms. The molecule has 0 atom stereocenters. The van der Waals surface area contributed by atoms with Gasteiger partial charge in [-0.1, -0.05) is 32.4 Å². The molecule has 0 fully saturated rings. The van der Waals surface area contributed by atoms with E-state index < -0.39 is 17.9 Å². The van der Waals surface area contributed by atoms with Gasteiger partial charge in [0.15, 0.2) is 11.5 Å². The number of carbonyl (C=O) groups is 3. The maximum atomic E-state index is 12.1. The molecule has 162 valence electrons. The number of fused-ring (bicyclic) bond motifs is 3. The lowest BCUT2D eigenvalue weighted by atomic mass is 10.0. The van der Waals surface area contributed by atoms with Crippen LogP contribution < -0.4 is 14.2 Å². The predicted octanol–water partition coefficient (Wildman–Crippen LogP) is 5.17. The second-order valence-corrected chi connectivity index (χ2v) is 7.54. The van der Waals surface area contributed by atoms with E-state index in [-0.39, 0.29) is 28.2 Å². The number of hydrogen-bond donors (Lipinski definition) is 0. The summed E-state index contributed by atoms with van der Waals surface area (Å²) < 4.78 is 16.1. The Labute approximate surface area is 186 Å². The second kappa shape index (κ2) is 8.51. The topological polar surface area (TPSA) is 78.9 Å². The van der Waals surface area contributed by atoms with Gasteiger partial charge < -0.3 is 14.2 Å². The van der Waals surface area contributed by atoms with E-state index in [1.165, 1.54) is 13.8 Å². The molecule has 2 aromatic rings. The molecule has 0 aromatic heterocycles. The monoisotopic (exact) mass is 430 g/mol. The van der Waals surface area contributed by atoms with Crippen LogP contribution in [-0.2, 0) is 14.4 Å². The fourth-order valence-corrected chi connectivity index (χ4v) is 2.98. The summed E-state index contributed by atoms with van der Waals surface area (Å²) in [6, 6.07) is 8.30. The van der Waals surface area contributed by atoms with E-state index in [2.05, 4.69) is 26.3 Å². The van der Waals surface area contributed by atoms with Gasteiger partial charge in [-0.2, -0.15) is 0 Å². The lowest BCUT2D eigenvalue weighted by Gasteiger charge is -2.13. The second-order valence-electron chi connectivity index (χ2n) is 7.54. The fraction of sp³-hybridized carbons (Fsp3) is 0.115. The van der Waals surface area contributed by atoms with Gasteiger partial charge in [0, 0.05) is 16.7 Å². The molecular weight excluding hydrogens is 408 g/mol. The van der Waals surface area contributed by atoms with Crippen LogP contribution in [0.25, 0.3) is 16.7 Å². The average molecular weight is 430 g/mol. The molecule has 3 rings (SSSR count). The van der Waals surface area contributed by atoms with Crippen molar-refractivity contribution in [1.82, 2.24) is 0 Å². The van der Waals surface area contributed by atoms with Gasteiger partial charge in [0.25, 0.3) is 0 Å². The van der Waals surface area contributed by atoms with E-state index in [1.54, 1.807) is 37.3 Å². The molecule has 0 bridgehead atoms. The molecule has 0 saturated carbocycles. The van der Waals surface area contributed by atoms with Gasteiger partial charge in [0.05, 0.1) is 0 Å². The average Bonchev–Trinajstić information content (AvgIpc) is 2.98. The van der Waals surface area contributed by atoms with Gasteiger partial charge >= 0.3 is 17.9 Å². The van der Waals surface area contributed by atoms with Crippen molar-refractivity contribution in [2.45, 2.75) is 20.8 Å². The third kappa shape index (κ3) is 4.30.